The van der Waals surface area contributed by atoms with E-state index in [1.807, 2.05) is 0 Å². The Bertz CT molecular complexity index is 310. The first-order chi connectivity index (χ1) is 7.27. The molecule has 1 N–H and O–H groups in total. The third-order valence-corrected chi connectivity index (χ3v) is 3.42. The highest BCUT2D eigenvalue weighted by Gasteiger charge is 2.33. The Hall–Kier alpha value is -0.860. The van der Waals surface area contributed by atoms with E-state index in [0.29, 0.717) is 0 Å². The summed E-state index contributed by atoms with van der Waals surface area (Å²) in [5.41, 5.74) is 2.45. The van der Waals surface area contributed by atoms with E-state index in [4.69, 9.17) is 4.74 Å². The van der Waals surface area contributed by atoms with Gasteiger partial charge in [0.25, 0.3) is 0 Å². The van der Waals surface area contributed by atoms with Gasteiger partial charge in [0.1, 0.15) is 0 Å². The maximum Gasteiger partial charge on any atom is 0.0529 e. The average molecular weight is 206 g/mol. The van der Waals surface area contributed by atoms with Gasteiger partial charge in [0.05, 0.1) is 6.61 Å². The van der Waals surface area contributed by atoms with Crippen LogP contribution in [0.2, 0.25) is 0 Å². The average Bonchev–Trinajstić information content (AvgIpc) is 2.31. The van der Waals surface area contributed by atoms with Crippen LogP contribution in [0.1, 0.15) is 24.0 Å². The molecule has 0 spiro atoms. The zero-order valence-corrected chi connectivity index (χ0v) is 9.20. The van der Waals surface area contributed by atoms with Gasteiger partial charge in [-0.25, -0.2) is 0 Å². The standard InChI is InChI=1S/C13H18O2/c1-11-2-4-12(5-3-11)13(10-14)6-8-15-9-7-13/h2-5,14H,6-10H2,1H3. The van der Waals surface area contributed by atoms with Crippen molar-refractivity contribution in [2.45, 2.75) is 25.2 Å². The fourth-order valence-electron chi connectivity index (χ4n) is 2.21. The zero-order valence-electron chi connectivity index (χ0n) is 9.20. The lowest BCUT2D eigenvalue weighted by atomic mass is 9.75. The molecule has 1 saturated heterocycles. The first-order valence-corrected chi connectivity index (χ1v) is 5.53. The number of aryl methyl sites for hydroxylation is 1. The zero-order chi connectivity index (χ0) is 10.7. The highest BCUT2D eigenvalue weighted by molar-refractivity contribution is 5.29. The summed E-state index contributed by atoms with van der Waals surface area (Å²) in [6.45, 7) is 3.82. The summed E-state index contributed by atoms with van der Waals surface area (Å²) in [4.78, 5) is 0. The molecule has 0 aromatic heterocycles. The Morgan fingerprint density at radius 1 is 1.20 bits per heavy atom. The van der Waals surface area contributed by atoms with Gasteiger partial charge in [-0.15, -0.1) is 0 Å². The number of aliphatic hydroxyl groups excluding tert-OH is 1. The maximum absolute atomic E-state index is 9.61. The van der Waals surface area contributed by atoms with Gasteiger partial charge in [0.15, 0.2) is 0 Å². The third kappa shape index (κ3) is 2.06. The van der Waals surface area contributed by atoms with Gasteiger partial charge in [-0.2, -0.15) is 0 Å². The molecule has 1 fully saturated rings. The van der Waals surface area contributed by atoms with Crippen molar-refractivity contribution in [1.29, 1.82) is 0 Å². The maximum atomic E-state index is 9.61. The molecule has 1 aliphatic heterocycles. The Balaban J connectivity index is 2.28. The van der Waals surface area contributed by atoms with E-state index in [0.717, 1.165) is 26.1 Å². The molecule has 0 radical (unpaired) electrons. The van der Waals surface area contributed by atoms with Crippen LogP contribution in [0.15, 0.2) is 24.3 Å². The van der Waals surface area contributed by atoms with Gasteiger partial charge in [-0.05, 0) is 25.3 Å². The second kappa shape index (κ2) is 4.33. The smallest absolute Gasteiger partial charge is 0.0529 e. The van der Waals surface area contributed by atoms with Crippen LogP contribution in [-0.4, -0.2) is 24.9 Å². The van der Waals surface area contributed by atoms with Gasteiger partial charge < -0.3 is 9.84 Å². The van der Waals surface area contributed by atoms with Crippen LogP contribution in [-0.2, 0) is 10.2 Å². The number of rotatable bonds is 2. The molecule has 0 atom stereocenters. The van der Waals surface area contributed by atoms with Crippen molar-refractivity contribution in [3.05, 3.63) is 35.4 Å². The van der Waals surface area contributed by atoms with Crippen molar-refractivity contribution in [2.75, 3.05) is 19.8 Å². The van der Waals surface area contributed by atoms with E-state index < -0.39 is 0 Å². The number of hydrogen-bond donors (Lipinski definition) is 1. The number of ether oxygens (including phenoxy) is 1. The van der Waals surface area contributed by atoms with Crippen LogP contribution in [0.4, 0.5) is 0 Å². The van der Waals surface area contributed by atoms with Crippen LogP contribution >= 0.6 is 0 Å². The Labute approximate surface area is 90.9 Å². The summed E-state index contributed by atoms with van der Waals surface area (Å²) in [5.74, 6) is 0. The molecule has 1 aromatic carbocycles. The van der Waals surface area contributed by atoms with E-state index in [1.165, 1.54) is 11.1 Å². The van der Waals surface area contributed by atoms with Crippen molar-refractivity contribution >= 4 is 0 Å². The number of hydrogen-bond acceptors (Lipinski definition) is 2. The Morgan fingerprint density at radius 3 is 2.33 bits per heavy atom. The topological polar surface area (TPSA) is 29.5 Å². The van der Waals surface area contributed by atoms with Gasteiger partial charge in [-0.3, -0.25) is 0 Å². The van der Waals surface area contributed by atoms with Crippen LogP contribution in [0.5, 0.6) is 0 Å². The molecule has 2 rings (SSSR count). The second-order valence-corrected chi connectivity index (χ2v) is 4.42. The molecule has 2 heteroatoms. The molecule has 82 valence electrons. The first kappa shape index (κ1) is 10.7. The normalized spacial score (nSPS) is 20.1. The minimum absolute atomic E-state index is 0.0635. The minimum Gasteiger partial charge on any atom is -0.395 e. The van der Waals surface area contributed by atoms with Crippen molar-refractivity contribution in [2.24, 2.45) is 0 Å². The molecule has 1 aromatic rings. The lowest BCUT2D eigenvalue weighted by Gasteiger charge is -2.36. The van der Waals surface area contributed by atoms with Crippen LogP contribution in [0.25, 0.3) is 0 Å². The van der Waals surface area contributed by atoms with E-state index in [1.54, 1.807) is 0 Å². The fourth-order valence-corrected chi connectivity index (χ4v) is 2.21. The molecule has 0 saturated carbocycles. The number of benzene rings is 1. The molecule has 0 amide bonds. The summed E-state index contributed by atoms with van der Waals surface area (Å²) < 4.78 is 5.36. The van der Waals surface area contributed by atoms with E-state index >= 15 is 0 Å². The SMILES string of the molecule is Cc1ccc(C2(CO)CCOCC2)cc1. The predicted molar refractivity (Wildman–Crippen MR) is 60.0 cm³/mol. The molecular weight excluding hydrogens is 188 g/mol. The molecule has 1 heterocycles. The molecular formula is C13H18O2. The molecule has 0 aliphatic carbocycles. The molecule has 1 aliphatic rings. The summed E-state index contributed by atoms with van der Waals surface area (Å²) >= 11 is 0. The molecule has 2 nitrogen and oxygen atoms in total. The van der Waals surface area contributed by atoms with E-state index in [2.05, 4.69) is 31.2 Å². The van der Waals surface area contributed by atoms with Crippen LogP contribution in [0, 0.1) is 6.92 Å². The minimum atomic E-state index is -0.0635. The van der Waals surface area contributed by atoms with Crippen LogP contribution < -0.4 is 0 Å². The van der Waals surface area contributed by atoms with Crippen molar-refractivity contribution in [3.8, 4) is 0 Å². The van der Waals surface area contributed by atoms with Crippen molar-refractivity contribution < 1.29 is 9.84 Å². The van der Waals surface area contributed by atoms with E-state index in [9.17, 15) is 5.11 Å². The van der Waals surface area contributed by atoms with Crippen molar-refractivity contribution in [1.82, 2.24) is 0 Å². The quantitative estimate of drug-likeness (QED) is 0.802. The largest absolute Gasteiger partial charge is 0.395 e. The summed E-state index contributed by atoms with van der Waals surface area (Å²) in [7, 11) is 0. The molecule has 0 bridgehead atoms. The number of aliphatic hydroxyl groups is 1. The highest BCUT2D eigenvalue weighted by Crippen LogP contribution is 2.34. The fraction of sp³-hybridized carbons (Fsp3) is 0.538. The summed E-state index contributed by atoms with van der Waals surface area (Å²) in [6, 6.07) is 8.50. The molecule has 15 heavy (non-hydrogen) atoms. The predicted octanol–water partition coefficient (Wildman–Crippen LogP) is 2.04. The van der Waals surface area contributed by atoms with Gasteiger partial charge in [0.2, 0.25) is 0 Å². The monoisotopic (exact) mass is 206 g/mol. The summed E-state index contributed by atoms with van der Waals surface area (Å²) in [5, 5.41) is 9.61. The lowest BCUT2D eigenvalue weighted by Crippen LogP contribution is -2.37. The van der Waals surface area contributed by atoms with Crippen LogP contribution in [0.3, 0.4) is 0 Å². The van der Waals surface area contributed by atoms with E-state index in [-0.39, 0.29) is 12.0 Å². The second-order valence-electron chi connectivity index (χ2n) is 4.42. The third-order valence-electron chi connectivity index (χ3n) is 3.42. The first-order valence-electron chi connectivity index (χ1n) is 5.53. The molecule has 0 unspecified atom stereocenters. The Kier molecular flexibility index (Phi) is 3.08. The highest BCUT2D eigenvalue weighted by atomic mass is 16.5. The summed E-state index contributed by atoms with van der Waals surface area (Å²) in [6.07, 6.45) is 1.85. The van der Waals surface area contributed by atoms with Gasteiger partial charge in [-0.1, -0.05) is 29.8 Å². The van der Waals surface area contributed by atoms with Gasteiger partial charge >= 0.3 is 0 Å². The van der Waals surface area contributed by atoms with Crippen molar-refractivity contribution in [3.63, 3.8) is 0 Å². The van der Waals surface area contributed by atoms with Gasteiger partial charge in [0, 0.05) is 18.6 Å². The lowest BCUT2D eigenvalue weighted by molar-refractivity contribution is 0.0253. The Morgan fingerprint density at radius 2 is 1.80 bits per heavy atom.